The summed E-state index contributed by atoms with van der Waals surface area (Å²) in [5, 5.41) is 10.3. The van der Waals surface area contributed by atoms with Crippen molar-refractivity contribution in [2.45, 2.75) is 18.4 Å². The van der Waals surface area contributed by atoms with E-state index < -0.39 is 5.60 Å². The number of nitrogens with zero attached hydrogens (tertiary/aromatic N) is 1. The molecule has 1 N–H and O–H groups in total. The fraction of sp³-hybridized carbons (Fsp3) is 0.533. The van der Waals surface area contributed by atoms with Crippen LogP contribution < -0.4 is 9.47 Å². The zero-order chi connectivity index (χ0) is 14.3. The number of amides is 1. The second kappa shape index (κ2) is 4.66. The van der Waals surface area contributed by atoms with Gasteiger partial charge >= 0.3 is 0 Å². The average Bonchev–Trinajstić information content (AvgIpc) is 3.27. The third-order valence-corrected chi connectivity index (χ3v) is 4.18. The Morgan fingerprint density at radius 2 is 1.90 bits per heavy atom. The zero-order valence-electron chi connectivity index (χ0n) is 11.8. The molecule has 2 aliphatic rings. The number of ether oxygens (including phenoxy) is 2. The summed E-state index contributed by atoms with van der Waals surface area (Å²) in [6.07, 6.45) is 2.16. The van der Waals surface area contributed by atoms with Gasteiger partial charge in [0, 0.05) is 5.56 Å². The molecule has 1 saturated heterocycles. The molecule has 1 aliphatic heterocycles. The molecule has 5 heteroatoms. The molecule has 0 spiro atoms. The number of β-amino-alcohol motifs (C(OH)–C–C–N with tert-alkyl or cyclic N) is 1. The first-order chi connectivity index (χ1) is 9.57. The second-order valence-corrected chi connectivity index (χ2v) is 5.61. The first-order valence-electron chi connectivity index (χ1n) is 6.81. The van der Waals surface area contributed by atoms with Crippen molar-refractivity contribution in [3.05, 3.63) is 23.8 Å². The Hall–Kier alpha value is -1.75. The van der Waals surface area contributed by atoms with Crippen molar-refractivity contribution < 1.29 is 19.4 Å². The van der Waals surface area contributed by atoms with Crippen LogP contribution in [0.4, 0.5) is 0 Å². The van der Waals surface area contributed by atoms with Gasteiger partial charge in [0.05, 0.1) is 27.3 Å². The van der Waals surface area contributed by atoms with Crippen molar-refractivity contribution in [3.8, 4) is 11.5 Å². The van der Waals surface area contributed by atoms with Crippen molar-refractivity contribution in [1.82, 2.24) is 4.90 Å². The highest BCUT2D eigenvalue weighted by Crippen LogP contribution is 2.44. The molecule has 1 heterocycles. The van der Waals surface area contributed by atoms with Crippen molar-refractivity contribution in [2.75, 3.05) is 27.3 Å². The van der Waals surface area contributed by atoms with Gasteiger partial charge in [0.15, 0.2) is 11.5 Å². The molecule has 0 unspecified atom stereocenters. The third kappa shape index (κ3) is 2.12. The highest BCUT2D eigenvalue weighted by Gasteiger charge is 2.53. The van der Waals surface area contributed by atoms with Crippen LogP contribution in [-0.4, -0.2) is 48.8 Å². The van der Waals surface area contributed by atoms with Crippen LogP contribution in [0.15, 0.2) is 18.2 Å². The third-order valence-electron chi connectivity index (χ3n) is 4.18. The van der Waals surface area contributed by atoms with E-state index >= 15 is 0 Å². The van der Waals surface area contributed by atoms with E-state index in [2.05, 4.69) is 0 Å². The van der Waals surface area contributed by atoms with E-state index in [1.807, 2.05) is 0 Å². The van der Waals surface area contributed by atoms with Gasteiger partial charge in [0.25, 0.3) is 5.91 Å². The number of likely N-dealkylation sites (tertiary alicyclic amines) is 1. The van der Waals surface area contributed by atoms with Crippen LogP contribution in [0.5, 0.6) is 11.5 Å². The molecule has 3 rings (SSSR count). The Morgan fingerprint density at radius 1 is 1.25 bits per heavy atom. The molecule has 5 nitrogen and oxygen atoms in total. The molecule has 2 fully saturated rings. The number of carbonyl (C=O) groups is 1. The highest BCUT2D eigenvalue weighted by molar-refractivity contribution is 5.95. The lowest BCUT2D eigenvalue weighted by molar-refractivity contribution is -0.0958. The lowest BCUT2D eigenvalue weighted by Crippen LogP contribution is -2.64. The summed E-state index contributed by atoms with van der Waals surface area (Å²) in [5.41, 5.74) is -0.0906. The molecule has 1 aromatic carbocycles. The lowest BCUT2D eigenvalue weighted by atomic mass is 9.88. The van der Waals surface area contributed by atoms with Gasteiger partial charge in [-0.1, -0.05) is 0 Å². The summed E-state index contributed by atoms with van der Waals surface area (Å²) in [5.74, 6) is 1.45. The fourth-order valence-electron chi connectivity index (χ4n) is 2.79. The monoisotopic (exact) mass is 277 g/mol. The van der Waals surface area contributed by atoms with E-state index in [1.54, 1.807) is 37.3 Å². The van der Waals surface area contributed by atoms with Crippen LogP contribution in [-0.2, 0) is 0 Å². The molecular formula is C15H19NO4. The van der Waals surface area contributed by atoms with E-state index in [1.165, 1.54) is 0 Å². The van der Waals surface area contributed by atoms with E-state index in [9.17, 15) is 9.90 Å². The molecule has 1 aromatic rings. The highest BCUT2D eigenvalue weighted by atomic mass is 16.5. The van der Waals surface area contributed by atoms with E-state index in [0.29, 0.717) is 36.1 Å². The maximum absolute atomic E-state index is 12.3. The van der Waals surface area contributed by atoms with Crippen molar-refractivity contribution >= 4 is 5.91 Å². The van der Waals surface area contributed by atoms with Crippen molar-refractivity contribution in [1.29, 1.82) is 0 Å². The van der Waals surface area contributed by atoms with Crippen molar-refractivity contribution in [3.63, 3.8) is 0 Å². The maximum atomic E-state index is 12.3. The summed E-state index contributed by atoms with van der Waals surface area (Å²) in [4.78, 5) is 14.0. The summed E-state index contributed by atoms with van der Waals surface area (Å²) in [6, 6.07) is 5.12. The molecule has 1 aliphatic carbocycles. The van der Waals surface area contributed by atoms with Crippen LogP contribution in [0.3, 0.4) is 0 Å². The summed E-state index contributed by atoms with van der Waals surface area (Å²) < 4.78 is 10.4. The minimum atomic E-state index is -0.647. The number of benzene rings is 1. The van der Waals surface area contributed by atoms with Gasteiger partial charge in [-0.3, -0.25) is 4.79 Å². The molecule has 0 aromatic heterocycles. The number of carbonyl (C=O) groups excluding carboxylic acids is 1. The normalized spacial score (nSPS) is 20.2. The minimum absolute atomic E-state index is 0.0729. The van der Waals surface area contributed by atoms with Gasteiger partial charge in [-0.05, 0) is 37.0 Å². The number of hydrogen-bond acceptors (Lipinski definition) is 4. The number of hydrogen-bond donors (Lipinski definition) is 1. The first-order valence-corrected chi connectivity index (χ1v) is 6.81. The van der Waals surface area contributed by atoms with Crippen LogP contribution in [0, 0.1) is 5.92 Å². The van der Waals surface area contributed by atoms with E-state index in [0.717, 1.165) is 12.8 Å². The quantitative estimate of drug-likeness (QED) is 0.901. The molecule has 1 saturated carbocycles. The van der Waals surface area contributed by atoms with E-state index in [-0.39, 0.29) is 5.91 Å². The van der Waals surface area contributed by atoms with Crippen LogP contribution in [0.2, 0.25) is 0 Å². The molecular weight excluding hydrogens is 258 g/mol. The maximum Gasteiger partial charge on any atom is 0.254 e. The lowest BCUT2D eigenvalue weighted by Gasteiger charge is -2.47. The number of rotatable bonds is 4. The Morgan fingerprint density at radius 3 is 2.45 bits per heavy atom. The molecule has 0 radical (unpaired) electrons. The minimum Gasteiger partial charge on any atom is -0.493 e. The van der Waals surface area contributed by atoms with Gasteiger partial charge < -0.3 is 19.5 Å². The standard InChI is InChI=1S/C15H19NO4/c1-19-12-6-3-10(7-13(12)20-2)14(17)16-8-15(18,9-16)11-4-5-11/h3,6-7,11,18H,4-5,8-9H2,1-2H3. The molecule has 0 atom stereocenters. The predicted octanol–water partition coefficient (Wildman–Crippen LogP) is 1.30. The average molecular weight is 277 g/mol. The van der Waals surface area contributed by atoms with Crippen LogP contribution in [0.1, 0.15) is 23.2 Å². The van der Waals surface area contributed by atoms with Crippen molar-refractivity contribution in [2.24, 2.45) is 5.92 Å². The fourth-order valence-corrected chi connectivity index (χ4v) is 2.79. The van der Waals surface area contributed by atoms with Gasteiger partial charge in [0.1, 0.15) is 5.60 Å². The summed E-state index contributed by atoms with van der Waals surface area (Å²) in [7, 11) is 3.10. The van der Waals surface area contributed by atoms with E-state index in [4.69, 9.17) is 9.47 Å². The molecule has 1 amide bonds. The second-order valence-electron chi connectivity index (χ2n) is 5.61. The van der Waals surface area contributed by atoms with Crippen LogP contribution in [0.25, 0.3) is 0 Å². The SMILES string of the molecule is COc1ccc(C(=O)N2CC(O)(C3CC3)C2)cc1OC. The number of methoxy groups -OCH3 is 2. The largest absolute Gasteiger partial charge is 0.493 e. The zero-order valence-corrected chi connectivity index (χ0v) is 11.8. The summed E-state index contributed by atoms with van der Waals surface area (Å²) >= 11 is 0. The first kappa shape index (κ1) is 13.2. The Kier molecular flexibility index (Phi) is 3.09. The summed E-state index contributed by atoms with van der Waals surface area (Å²) in [6.45, 7) is 0.871. The Balaban J connectivity index is 1.72. The number of aliphatic hydroxyl groups is 1. The molecule has 0 bridgehead atoms. The molecule has 108 valence electrons. The Labute approximate surface area is 118 Å². The van der Waals surface area contributed by atoms with Gasteiger partial charge in [-0.25, -0.2) is 0 Å². The smallest absolute Gasteiger partial charge is 0.254 e. The van der Waals surface area contributed by atoms with Gasteiger partial charge in [-0.15, -0.1) is 0 Å². The molecule has 20 heavy (non-hydrogen) atoms. The van der Waals surface area contributed by atoms with Gasteiger partial charge in [0.2, 0.25) is 0 Å². The van der Waals surface area contributed by atoms with Gasteiger partial charge in [-0.2, -0.15) is 0 Å². The van der Waals surface area contributed by atoms with Crippen LogP contribution >= 0.6 is 0 Å². The topological polar surface area (TPSA) is 59.0 Å². The Bertz CT molecular complexity index is 533. The predicted molar refractivity (Wildman–Crippen MR) is 73.1 cm³/mol.